The van der Waals surface area contributed by atoms with E-state index in [1.807, 2.05) is 42.5 Å². The van der Waals surface area contributed by atoms with E-state index >= 15 is 0 Å². The molecule has 5 nitrogen and oxygen atoms in total. The quantitative estimate of drug-likeness (QED) is 0.874. The number of anilines is 1. The van der Waals surface area contributed by atoms with Gasteiger partial charge in [0.25, 0.3) is 5.91 Å². The highest BCUT2D eigenvalue weighted by atomic mass is 16.2. The molecular weight excluding hydrogens is 254 g/mol. The molecule has 0 aliphatic carbocycles. The Morgan fingerprint density at radius 3 is 2.70 bits per heavy atom. The molecule has 1 aliphatic heterocycles. The summed E-state index contributed by atoms with van der Waals surface area (Å²) in [5.74, 6) is -0.437. The van der Waals surface area contributed by atoms with Crippen molar-refractivity contribution in [3.63, 3.8) is 0 Å². The lowest BCUT2D eigenvalue weighted by atomic mass is 10.1. The Balaban J connectivity index is 1.86. The number of benzene rings is 2. The highest BCUT2D eigenvalue weighted by Gasteiger charge is 2.18. The molecule has 0 saturated heterocycles. The van der Waals surface area contributed by atoms with Gasteiger partial charge in [0.05, 0.1) is 0 Å². The third-order valence-corrected chi connectivity index (χ3v) is 3.20. The standard InChI is InChI=1S/C15H13N3O2/c19-14-9-8-13(17-18-14)15(20)16-12-7-3-5-10-4-1-2-6-11(10)12/h1-7H,8-9H2,(H,16,20)(H,18,19). The molecule has 5 heteroatoms. The lowest BCUT2D eigenvalue weighted by molar-refractivity contribution is -0.121. The molecule has 2 amide bonds. The average Bonchev–Trinajstić information content (AvgIpc) is 2.48. The van der Waals surface area contributed by atoms with Gasteiger partial charge < -0.3 is 5.32 Å². The first-order valence-electron chi connectivity index (χ1n) is 6.38. The van der Waals surface area contributed by atoms with Crippen LogP contribution in [0.15, 0.2) is 47.6 Å². The topological polar surface area (TPSA) is 70.6 Å². The van der Waals surface area contributed by atoms with Gasteiger partial charge in [0.1, 0.15) is 5.71 Å². The number of hydrazone groups is 1. The van der Waals surface area contributed by atoms with Crippen molar-refractivity contribution in [2.75, 3.05) is 5.32 Å². The van der Waals surface area contributed by atoms with Crippen molar-refractivity contribution in [2.45, 2.75) is 12.8 Å². The predicted molar refractivity (Wildman–Crippen MR) is 77.4 cm³/mol. The van der Waals surface area contributed by atoms with Crippen LogP contribution in [-0.2, 0) is 9.59 Å². The summed E-state index contributed by atoms with van der Waals surface area (Å²) >= 11 is 0. The second-order valence-electron chi connectivity index (χ2n) is 4.57. The minimum absolute atomic E-state index is 0.160. The zero-order valence-corrected chi connectivity index (χ0v) is 10.7. The molecule has 1 aliphatic rings. The Kier molecular flexibility index (Phi) is 3.16. The van der Waals surface area contributed by atoms with Crippen LogP contribution in [0.3, 0.4) is 0 Å². The molecule has 0 radical (unpaired) electrons. The van der Waals surface area contributed by atoms with Gasteiger partial charge >= 0.3 is 0 Å². The summed E-state index contributed by atoms with van der Waals surface area (Å²) in [7, 11) is 0. The fourth-order valence-electron chi connectivity index (χ4n) is 2.17. The molecule has 20 heavy (non-hydrogen) atoms. The van der Waals surface area contributed by atoms with Crippen molar-refractivity contribution >= 4 is 34.0 Å². The number of amides is 2. The number of nitrogens with one attached hydrogen (secondary N) is 2. The monoisotopic (exact) mass is 267 g/mol. The van der Waals surface area contributed by atoms with Gasteiger partial charge in [-0.15, -0.1) is 0 Å². The molecule has 0 atom stereocenters. The SMILES string of the molecule is O=C1CCC(C(=O)Nc2cccc3ccccc23)=NN1. The predicted octanol–water partition coefficient (Wildman–Crippen LogP) is 2.04. The second kappa shape index (κ2) is 5.13. The largest absolute Gasteiger partial charge is 0.320 e. The molecule has 2 aromatic carbocycles. The summed E-state index contributed by atoms with van der Waals surface area (Å²) in [4.78, 5) is 23.1. The number of hydrogen-bond acceptors (Lipinski definition) is 3. The maximum atomic E-state index is 12.1. The summed E-state index contributed by atoms with van der Waals surface area (Å²) in [6.45, 7) is 0. The van der Waals surface area contributed by atoms with Gasteiger partial charge in [-0.25, -0.2) is 5.43 Å². The fraction of sp³-hybridized carbons (Fsp3) is 0.133. The van der Waals surface area contributed by atoms with Crippen molar-refractivity contribution in [1.82, 2.24) is 5.43 Å². The first-order valence-corrected chi connectivity index (χ1v) is 6.38. The van der Waals surface area contributed by atoms with Crippen LogP contribution in [0.1, 0.15) is 12.8 Å². The van der Waals surface area contributed by atoms with Crippen LogP contribution in [0.25, 0.3) is 10.8 Å². The number of carbonyl (C=O) groups is 2. The van der Waals surface area contributed by atoms with E-state index in [0.717, 1.165) is 16.5 Å². The lowest BCUT2D eigenvalue weighted by Gasteiger charge is -2.13. The van der Waals surface area contributed by atoms with E-state index in [2.05, 4.69) is 15.8 Å². The van der Waals surface area contributed by atoms with Gasteiger partial charge in [-0.05, 0) is 11.5 Å². The van der Waals surface area contributed by atoms with Crippen LogP contribution in [0, 0.1) is 0 Å². The Bertz CT molecular complexity index is 717. The number of fused-ring (bicyclic) bond motifs is 1. The number of hydrogen-bond donors (Lipinski definition) is 2. The second-order valence-corrected chi connectivity index (χ2v) is 4.57. The number of carbonyl (C=O) groups excluding carboxylic acids is 2. The van der Waals surface area contributed by atoms with Crippen molar-refractivity contribution < 1.29 is 9.59 Å². The molecule has 0 aromatic heterocycles. The highest BCUT2D eigenvalue weighted by Crippen LogP contribution is 2.23. The van der Waals surface area contributed by atoms with Crippen LogP contribution in [0.2, 0.25) is 0 Å². The average molecular weight is 267 g/mol. The van der Waals surface area contributed by atoms with E-state index in [0.29, 0.717) is 18.6 Å². The lowest BCUT2D eigenvalue weighted by Crippen LogP contribution is -2.32. The zero-order valence-electron chi connectivity index (χ0n) is 10.7. The van der Waals surface area contributed by atoms with Crippen LogP contribution in [0.4, 0.5) is 5.69 Å². The first-order chi connectivity index (χ1) is 9.74. The molecular formula is C15H13N3O2. The van der Waals surface area contributed by atoms with E-state index in [1.165, 1.54) is 0 Å². The van der Waals surface area contributed by atoms with Gasteiger partial charge in [-0.2, -0.15) is 5.10 Å². The van der Waals surface area contributed by atoms with E-state index in [1.54, 1.807) is 0 Å². The molecule has 1 heterocycles. The van der Waals surface area contributed by atoms with Crippen LogP contribution < -0.4 is 10.7 Å². The van der Waals surface area contributed by atoms with Crippen molar-refractivity contribution in [1.29, 1.82) is 0 Å². The first kappa shape index (κ1) is 12.3. The molecule has 3 rings (SSSR count). The van der Waals surface area contributed by atoms with Crippen molar-refractivity contribution in [3.8, 4) is 0 Å². The Labute approximate surface area is 115 Å². The molecule has 2 N–H and O–H groups in total. The summed E-state index contributed by atoms with van der Waals surface area (Å²) in [5, 5.41) is 8.68. The third kappa shape index (κ3) is 2.38. The van der Waals surface area contributed by atoms with E-state index in [9.17, 15) is 9.59 Å². The maximum absolute atomic E-state index is 12.1. The van der Waals surface area contributed by atoms with Crippen LogP contribution in [0.5, 0.6) is 0 Å². The van der Waals surface area contributed by atoms with E-state index in [4.69, 9.17) is 0 Å². The third-order valence-electron chi connectivity index (χ3n) is 3.20. The van der Waals surface area contributed by atoms with Gasteiger partial charge in [-0.1, -0.05) is 36.4 Å². The highest BCUT2D eigenvalue weighted by molar-refractivity contribution is 6.44. The van der Waals surface area contributed by atoms with E-state index in [-0.39, 0.29) is 11.8 Å². The summed E-state index contributed by atoms with van der Waals surface area (Å²) in [6.07, 6.45) is 0.657. The zero-order chi connectivity index (χ0) is 13.9. The van der Waals surface area contributed by atoms with Gasteiger partial charge in [0.15, 0.2) is 0 Å². The van der Waals surface area contributed by atoms with Gasteiger partial charge in [0, 0.05) is 23.9 Å². The molecule has 0 saturated carbocycles. The molecule has 0 unspecified atom stereocenters. The number of nitrogens with zero attached hydrogens (tertiary/aromatic N) is 1. The Morgan fingerprint density at radius 2 is 1.90 bits per heavy atom. The van der Waals surface area contributed by atoms with Crippen LogP contribution >= 0.6 is 0 Å². The minimum atomic E-state index is -0.277. The summed E-state index contributed by atoms with van der Waals surface area (Å²) in [5.41, 5.74) is 3.41. The minimum Gasteiger partial charge on any atom is -0.320 e. The molecule has 0 bridgehead atoms. The maximum Gasteiger partial charge on any atom is 0.271 e. The summed E-state index contributed by atoms with van der Waals surface area (Å²) < 4.78 is 0. The summed E-state index contributed by atoms with van der Waals surface area (Å²) in [6, 6.07) is 13.6. The Hall–Kier alpha value is -2.69. The van der Waals surface area contributed by atoms with Gasteiger partial charge in [-0.3, -0.25) is 9.59 Å². The van der Waals surface area contributed by atoms with Crippen molar-refractivity contribution in [3.05, 3.63) is 42.5 Å². The van der Waals surface area contributed by atoms with Gasteiger partial charge in [0.2, 0.25) is 5.91 Å². The molecule has 2 aromatic rings. The van der Waals surface area contributed by atoms with E-state index < -0.39 is 0 Å². The van der Waals surface area contributed by atoms with Crippen molar-refractivity contribution in [2.24, 2.45) is 5.10 Å². The molecule has 0 fully saturated rings. The van der Waals surface area contributed by atoms with Crippen LogP contribution in [-0.4, -0.2) is 17.5 Å². The number of rotatable bonds is 2. The normalized spacial score (nSPS) is 14.6. The molecule has 0 spiro atoms. The smallest absolute Gasteiger partial charge is 0.271 e. The fourth-order valence-corrected chi connectivity index (χ4v) is 2.17. The molecule has 100 valence electrons. The Morgan fingerprint density at radius 1 is 1.10 bits per heavy atom.